The molecule has 3 rings (SSSR count). The average Bonchev–Trinajstić information content (AvgIpc) is 2.74. The lowest BCUT2D eigenvalue weighted by Crippen LogP contribution is -2.45. The summed E-state index contributed by atoms with van der Waals surface area (Å²) in [7, 11) is -3.68. The molecule has 8 heteroatoms. The molecular weight excluding hydrogens is 407 g/mol. The third-order valence-electron chi connectivity index (χ3n) is 5.19. The first-order valence-corrected chi connectivity index (χ1v) is 11.5. The molecule has 1 saturated heterocycles. The maximum absolute atomic E-state index is 13.1. The number of sulfonamides is 1. The molecule has 0 radical (unpaired) electrons. The van der Waals surface area contributed by atoms with E-state index in [9.17, 15) is 17.6 Å². The Morgan fingerprint density at radius 2 is 1.73 bits per heavy atom. The van der Waals surface area contributed by atoms with Crippen molar-refractivity contribution in [3.63, 3.8) is 0 Å². The van der Waals surface area contributed by atoms with Gasteiger partial charge in [-0.3, -0.25) is 4.79 Å². The molecule has 162 valence electrons. The van der Waals surface area contributed by atoms with E-state index in [4.69, 9.17) is 4.74 Å². The van der Waals surface area contributed by atoms with Crippen molar-refractivity contribution in [1.82, 2.24) is 9.62 Å². The fourth-order valence-electron chi connectivity index (χ4n) is 3.37. The Morgan fingerprint density at radius 3 is 2.33 bits per heavy atom. The fraction of sp³-hybridized carbons (Fsp3) is 0.409. The lowest BCUT2D eigenvalue weighted by Gasteiger charge is -2.31. The Bertz CT molecular complexity index is 954. The molecule has 0 aromatic heterocycles. The van der Waals surface area contributed by atoms with Gasteiger partial charge in [-0.2, -0.15) is 4.31 Å². The molecule has 2 aromatic carbocycles. The van der Waals surface area contributed by atoms with Gasteiger partial charge in [-0.05, 0) is 63.1 Å². The number of carbonyl (C=O) groups excluding carboxylic acids is 1. The molecule has 0 bridgehead atoms. The van der Waals surface area contributed by atoms with Gasteiger partial charge >= 0.3 is 0 Å². The second kappa shape index (κ2) is 9.57. The van der Waals surface area contributed by atoms with E-state index in [1.807, 2.05) is 38.1 Å². The van der Waals surface area contributed by atoms with E-state index in [1.165, 1.54) is 16.4 Å². The number of benzene rings is 2. The van der Waals surface area contributed by atoms with Crippen LogP contribution in [-0.2, 0) is 14.8 Å². The molecule has 1 heterocycles. The number of amides is 1. The molecule has 0 spiro atoms. The number of nitrogens with one attached hydrogen (secondary N) is 1. The van der Waals surface area contributed by atoms with Crippen LogP contribution < -0.4 is 10.1 Å². The van der Waals surface area contributed by atoms with E-state index >= 15 is 0 Å². The zero-order valence-corrected chi connectivity index (χ0v) is 18.0. The van der Waals surface area contributed by atoms with Gasteiger partial charge < -0.3 is 10.1 Å². The van der Waals surface area contributed by atoms with Crippen molar-refractivity contribution in [2.45, 2.75) is 37.6 Å². The lowest BCUT2D eigenvalue weighted by molar-refractivity contribution is -0.126. The van der Waals surface area contributed by atoms with Crippen molar-refractivity contribution >= 4 is 15.9 Å². The number of halogens is 1. The Kier molecular flexibility index (Phi) is 7.10. The predicted octanol–water partition coefficient (Wildman–Crippen LogP) is 3.12. The normalized spacial score (nSPS) is 16.8. The number of hydrogen-bond acceptors (Lipinski definition) is 4. The molecule has 30 heavy (non-hydrogen) atoms. The highest BCUT2D eigenvalue weighted by molar-refractivity contribution is 7.89. The van der Waals surface area contributed by atoms with Crippen LogP contribution >= 0.6 is 0 Å². The summed E-state index contributed by atoms with van der Waals surface area (Å²) in [5, 5.41) is 2.95. The summed E-state index contributed by atoms with van der Waals surface area (Å²) < 4.78 is 45.5. The van der Waals surface area contributed by atoms with Crippen LogP contribution in [0.4, 0.5) is 4.39 Å². The zero-order valence-electron chi connectivity index (χ0n) is 17.2. The van der Waals surface area contributed by atoms with Gasteiger partial charge in [0, 0.05) is 19.0 Å². The summed E-state index contributed by atoms with van der Waals surface area (Å²) in [5.74, 6) is -0.0638. The highest BCUT2D eigenvalue weighted by atomic mass is 32.2. The largest absolute Gasteiger partial charge is 0.491 e. The quantitative estimate of drug-likeness (QED) is 0.727. The van der Waals surface area contributed by atoms with Crippen molar-refractivity contribution in [1.29, 1.82) is 0 Å². The molecule has 1 aliphatic rings. The van der Waals surface area contributed by atoms with Gasteiger partial charge in [0.1, 0.15) is 18.2 Å². The van der Waals surface area contributed by atoms with Gasteiger partial charge in [0.15, 0.2) is 0 Å². The molecule has 1 amide bonds. The second-order valence-electron chi connectivity index (χ2n) is 7.67. The molecular formula is C22H27FN2O4S. The topological polar surface area (TPSA) is 75.7 Å². The second-order valence-corrected chi connectivity index (χ2v) is 9.60. The molecule has 1 aliphatic heterocycles. The predicted molar refractivity (Wildman–Crippen MR) is 112 cm³/mol. The van der Waals surface area contributed by atoms with E-state index in [0.29, 0.717) is 19.4 Å². The number of aryl methyl sites for hydroxylation is 1. The number of nitrogens with zero attached hydrogens (tertiary/aromatic N) is 1. The van der Waals surface area contributed by atoms with Crippen LogP contribution in [0.15, 0.2) is 53.4 Å². The van der Waals surface area contributed by atoms with Gasteiger partial charge in [0.25, 0.3) is 0 Å². The number of hydrogen-bond donors (Lipinski definition) is 1. The number of rotatable bonds is 7. The highest BCUT2D eigenvalue weighted by Crippen LogP contribution is 2.24. The van der Waals surface area contributed by atoms with Gasteiger partial charge in [-0.25, -0.2) is 12.8 Å². The molecule has 6 nitrogen and oxygen atoms in total. The summed E-state index contributed by atoms with van der Waals surface area (Å²) in [6.45, 7) is 4.74. The number of ether oxygens (including phenoxy) is 1. The van der Waals surface area contributed by atoms with Crippen LogP contribution in [-0.4, -0.2) is 44.4 Å². The SMILES string of the molecule is Cc1ccc(OC[C@H](C)NC(=O)C2CCN(S(=O)(=O)c3ccc(F)cc3)CC2)cc1. The maximum Gasteiger partial charge on any atom is 0.243 e. The van der Waals surface area contributed by atoms with Crippen LogP contribution in [0.1, 0.15) is 25.3 Å². The van der Waals surface area contributed by atoms with Gasteiger partial charge in [-0.1, -0.05) is 17.7 Å². The summed E-state index contributed by atoms with van der Waals surface area (Å²) in [6, 6.07) is 12.3. The van der Waals surface area contributed by atoms with Crippen LogP contribution in [0.2, 0.25) is 0 Å². The molecule has 0 saturated carbocycles. The Labute approximate surface area is 177 Å². The van der Waals surface area contributed by atoms with Crippen molar-refractivity contribution in [2.24, 2.45) is 5.92 Å². The van der Waals surface area contributed by atoms with Crippen LogP contribution in [0.5, 0.6) is 5.75 Å². The van der Waals surface area contributed by atoms with Crippen molar-refractivity contribution in [3.8, 4) is 5.75 Å². The Morgan fingerprint density at radius 1 is 1.13 bits per heavy atom. The minimum absolute atomic E-state index is 0.0636. The standard InChI is InChI=1S/C22H27FN2O4S/c1-16-3-7-20(8-4-16)29-15-17(2)24-22(26)18-11-13-25(14-12-18)30(27,28)21-9-5-19(23)6-10-21/h3-10,17-18H,11-15H2,1-2H3,(H,24,26)/t17-/m0/s1. The van der Waals surface area contributed by atoms with Crippen LogP contribution in [0, 0.1) is 18.7 Å². The van der Waals surface area contributed by atoms with Crippen molar-refractivity contribution in [2.75, 3.05) is 19.7 Å². The van der Waals surface area contributed by atoms with E-state index in [2.05, 4.69) is 5.32 Å². The molecule has 0 unspecified atom stereocenters. The molecule has 0 aliphatic carbocycles. The minimum Gasteiger partial charge on any atom is -0.491 e. The molecule has 2 aromatic rings. The zero-order chi connectivity index (χ0) is 21.7. The first kappa shape index (κ1) is 22.2. The average molecular weight is 435 g/mol. The van der Waals surface area contributed by atoms with Crippen LogP contribution in [0.3, 0.4) is 0 Å². The van der Waals surface area contributed by atoms with Crippen molar-refractivity contribution < 1.29 is 22.3 Å². The minimum atomic E-state index is -3.68. The van der Waals surface area contributed by atoms with Gasteiger partial charge in [0.05, 0.1) is 10.9 Å². The van der Waals surface area contributed by atoms with Gasteiger partial charge in [-0.15, -0.1) is 0 Å². The third kappa shape index (κ3) is 5.58. The highest BCUT2D eigenvalue weighted by Gasteiger charge is 2.32. The Hall–Kier alpha value is -2.45. The first-order chi connectivity index (χ1) is 14.3. The summed E-state index contributed by atoms with van der Waals surface area (Å²) >= 11 is 0. The maximum atomic E-state index is 13.1. The molecule has 1 N–H and O–H groups in total. The number of piperidine rings is 1. The number of carbonyl (C=O) groups is 1. The van der Waals surface area contributed by atoms with E-state index < -0.39 is 15.8 Å². The fourth-order valence-corrected chi connectivity index (χ4v) is 4.84. The molecule has 1 fully saturated rings. The summed E-state index contributed by atoms with van der Waals surface area (Å²) in [6.07, 6.45) is 0.885. The van der Waals surface area contributed by atoms with E-state index in [0.717, 1.165) is 23.4 Å². The monoisotopic (exact) mass is 434 g/mol. The third-order valence-corrected chi connectivity index (χ3v) is 7.10. The van der Waals surface area contributed by atoms with Crippen molar-refractivity contribution in [3.05, 3.63) is 59.9 Å². The summed E-state index contributed by atoms with van der Waals surface area (Å²) in [4.78, 5) is 12.6. The Balaban J connectivity index is 1.47. The smallest absolute Gasteiger partial charge is 0.243 e. The van der Waals surface area contributed by atoms with E-state index in [1.54, 1.807) is 0 Å². The van der Waals surface area contributed by atoms with E-state index in [-0.39, 0.29) is 35.9 Å². The lowest BCUT2D eigenvalue weighted by atomic mass is 9.97. The van der Waals surface area contributed by atoms with Gasteiger partial charge in [0.2, 0.25) is 15.9 Å². The first-order valence-electron chi connectivity index (χ1n) is 10.0. The van der Waals surface area contributed by atoms with Crippen LogP contribution in [0.25, 0.3) is 0 Å². The molecule has 1 atom stereocenters. The summed E-state index contributed by atoms with van der Waals surface area (Å²) in [5.41, 5.74) is 1.15.